The van der Waals surface area contributed by atoms with E-state index in [1.807, 2.05) is 62.4 Å². The number of urea groups is 1. The van der Waals surface area contributed by atoms with Gasteiger partial charge in [0.2, 0.25) is 0 Å². The lowest BCUT2D eigenvalue weighted by Crippen LogP contribution is -2.40. The van der Waals surface area contributed by atoms with Crippen molar-refractivity contribution < 1.29 is 19.4 Å². The number of carboxylic acid groups (broad SMARTS) is 1. The number of amides is 2. The van der Waals surface area contributed by atoms with Gasteiger partial charge in [0, 0.05) is 6.54 Å². The van der Waals surface area contributed by atoms with Crippen molar-refractivity contribution in [3.63, 3.8) is 0 Å². The maximum Gasteiger partial charge on any atom is 0.315 e. The molecule has 0 saturated carbocycles. The number of carbonyl (C=O) groups excluding carboxylic acids is 1. The fourth-order valence-corrected chi connectivity index (χ4v) is 2.59. The first-order valence-corrected chi connectivity index (χ1v) is 8.47. The Morgan fingerprint density at radius 1 is 1.04 bits per heavy atom. The fourth-order valence-electron chi connectivity index (χ4n) is 2.59. The lowest BCUT2D eigenvalue weighted by atomic mass is 10.1. The first kappa shape index (κ1) is 19.3. The fraction of sp³-hybridized carbons (Fsp3) is 0.300. The zero-order valence-corrected chi connectivity index (χ0v) is 15.0. The third kappa shape index (κ3) is 5.81. The van der Waals surface area contributed by atoms with Gasteiger partial charge in [0.05, 0.1) is 12.5 Å². The van der Waals surface area contributed by atoms with E-state index in [1.54, 1.807) is 0 Å². The summed E-state index contributed by atoms with van der Waals surface area (Å²) < 4.78 is 5.99. The van der Waals surface area contributed by atoms with Crippen molar-refractivity contribution in [2.24, 2.45) is 0 Å². The molecular weight excluding hydrogens is 332 g/mol. The summed E-state index contributed by atoms with van der Waals surface area (Å²) in [6, 6.07) is 14.7. The molecule has 2 rings (SSSR count). The first-order valence-electron chi connectivity index (χ1n) is 8.47. The Hall–Kier alpha value is -3.02. The molecule has 2 aromatic rings. The molecular formula is C20H24N2O4. The lowest BCUT2D eigenvalue weighted by molar-refractivity contribution is -0.136. The summed E-state index contributed by atoms with van der Waals surface area (Å²) in [6.45, 7) is 4.29. The van der Waals surface area contributed by atoms with Crippen LogP contribution in [0, 0.1) is 13.8 Å². The Morgan fingerprint density at radius 2 is 1.69 bits per heavy atom. The van der Waals surface area contributed by atoms with Crippen LogP contribution in [0.15, 0.2) is 48.5 Å². The lowest BCUT2D eigenvalue weighted by Gasteiger charge is -2.21. The number of nitrogens with one attached hydrogen (secondary N) is 2. The molecule has 6 heteroatoms. The summed E-state index contributed by atoms with van der Waals surface area (Å²) in [5.41, 5.74) is 2.97. The number of para-hydroxylation sites is 1. The molecule has 0 heterocycles. The zero-order valence-electron chi connectivity index (χ0n) is 15.0. The van der Waals surface area contributed by atoms with Crippen LogP contribution in [-0.4, -0.2) is 30.3 Å². The van der Waals surface area contributed by atoms with Crippen molar-refractivity contribution in [3.8, 4) is 5.75 Å². The molecule has 2 aromatic carbocycles. The highest BCUT2D eigenvalue weighted by Gasteiger charge is 2.16. The van der Waals surface area contributed by atoms with Gasteiger partial charge in [-0.3, -0.25) is 4.79 Å². The Balaban J connectivity index is 2.05. The second-order valence-corrected chi connectivity index (χ2v) is 6.04. The highest BCUT2D eigenvalue weighted by atomic mass is 16.5. The SMILES string of the molecule is Cc1cccc(C)c1OCC(NC(=O)NCCC(=O)O)c1ccccc1. The number of carbonyl (C=O) groups is 2. The molecule has 138 valence electrons. The summed E-state index contributed by atoms with van der Waals surface area (Å²) >= 11 is 0. The van der Waals surface area contributed by atoms with Crippen molar-refractivity contribution in [2.75, 3.05) is 13.2 Å². The van der Waals surface area contributed by atoms with E-state index in [0.717, 1.165) is 22.4 Å². The molecule has 0 fully saturated rings. The molecule has 0 radical (unpaired) electrons. The number of aryl methyl sites for hydroxylation is 2. The maximum absolute atomic E-state index is 12.1. The second-order valence-electron chi connectivity index (χ2n) is 6.04. The second kappa shape index (κ2) is 9.46. The molecule has 0 bridgehead atoms. The van der Waals surface area contributed by atoms with E-state index in [2.05, 4.69) is 10.6 Å². The van der Waals surface area contributed by atoms with Gasteiger partial charge in [-0.1, -0.05) is 48.5 Å². The van der Waals surface area contributed by atoms with E-state index in [-0.39, 0.29) is 25.6 Å². The summed E-state index contributed by atoms with van der Waals surface area (Å²) in [4.78, 5) is 22.6. The maximum atomic E-state index is 12.1. The zero-order chi connectivity index (χ0) is 18.9. The van der Waals surface area contributed by atoms with E-state index in [9.17, 15) is 9.59 Å². The normalized spacial score (nSPS) is 11.5. The minimum Gasteiger partial charge on any atom is -0.491 e. The Labute approximate surface area is 153 Å². The van der Waals surface area contributed by atoms with Gasteiger partial charge in [-0.2, -0.15) is 0 Å². The van der Waals surface area contributed by atoms with E-state index in [0.29, 0.717) is 0 Å². The number of benzene rings is 2. The van der Waals surface area contributed by atoms with Crippen molar-refractivity contribution in [3.05, 3.63) is 65.2 Å². The molecule has 1 unspecified atom stereocenters. The Morgan fingerprint density at radius 3 is 2.31 bits per heavy atom. The average Bonchev–Trinajstić information content (AvgIpc) is 2.60. The summed E-state index contributed by atoms with van der Waals surface area (Å²) in [7, 11) is 0. The molecule has 0 aliphatic carbocycles. The van der Waals surface area contributed by atoms with Gasteiger partial charge < -0.3 is 20.5 Å². The van der Waals surface area contributed by atoms with E-state index >= 15 is 0 Å². The van der Waals surface area contributed by atoms with E-state index in [4.69, 9.17) is 9.84 Å². The number of hydrogen-bond acceptors (Lipinski definition) is 3. The van der Waals surface area contributed by atoms with Crippen LogP contribution in [0.3, 0.4) is 0 Å². The van der Waals surface area contributed by atoms with Gasteiger partial charge in [-0.15, -0.1) is 0 Å². The predicted octanol–water partition coefficient (Wildman–Crippen LogP) is 3.20. The van der Waals surface area contributed by atoms with Crippen LogP contribution < -0.4 is 15.4 Å². The number of aliphatic carboxylic acids is 1. The van der Waals surface area contributed by atoms with Crippen molar-refractivity contribution >= 4 is 12.0 Å². The van der Waals surface area contributed by atoms with Gasteiger partial charge in [0.25, 0.3) is 0 Å². The summed E-state index contributed by atoms with van der Waals surface area (Å²) in [5.74, 6) is -0.148. The average molecular weight is 356 g/mol. The molecule has 0 aliphatic heterocycles. The summed E-state index contributed by atoms with van der Waals surface area (Å²) in [6.07, 6.45) is -0.123. The molecule has 0 aliphatic rings. The van der Waals surface area contributed by atoms with Crippen LogP contribution in [0.25, 0.3) is 0 Å². The molecule has 26 heavy (non-hydrogen) atoms. The third-order valence-corrected chi connectivity index (χ3v) is 3.93. The van der Waals surface area contributed by atoms with Crippen LogP contribution in [0.1, 0.15) is 29.2 Å². The smallest absolute Gasteiger partial charge is 0.315 e. The van der Waals surface area contributed by atoms with Crippen LogP contribution in [-0.2, 0) is 4.79 Å². The minimum atomic E-state index is -0.955. The topological polar surface area (TPSA) is 87.7 Å². The predicted molar refractivity (Wildman–Crippen MR) is 99.4 cm³/mol. The molecule has 0 aromatic heterocycles. The van der Waals surface area contributed by atoms with Gasteiger partial charge in [-0.05, 0) is 30.5 Å². The molecule has 6 nitrogen and oxygen atoms in total. The standard InChI is InChI=1S/C20H24N2O4/c1-14-7-6-8-15(2)19(14)26-13-17(16-9-4-3-5-10-16)22-20(25)21-12-11-18(23)24/h3-10,17H,11-13H2,1-2H3,(H,23,24)(H2,21,22,25). The Kier molecular flexibility index (Phi) is 7.02. The highest BCUT2D eigenvalue weighted by molar-refractivity contribution is 5.75. The van der Waals surface area contributed by atoms with Gasteiger partial charge >= 0.3 is 12.0 Å². The van der Waals surface area contributed by atoms with Gasteiger partial charge in [0.15, 0.2) is 0 Å². The van der Waals surface area contributed by atoms with Gasteiger partial charge in [-0.25, -0.2) is 4.79 Å². The van der Waals surface area contributed by atoms with Crippen molar-refractivity contribution in [1.82, 2.24) is 10.6 Å². The molecule has 1 atom stereocenters. The molecule has 0 spiro atoms. The first-order chi connectivity index (χ1) is 12.5. The number of carboxylic acids is 1. The third-order valence-electron chi connectivity index (χ3n) is 3.93. The quantitative estimate of drug-likeness (QED) is 0.678. The molecule has 3 N–H and O–H groups in total. The van der Waals surface area contributed by atoms with Crippen LogP contribution in [0.5, 0.6) is 5.75 Å². The van der Waals surface area contributed by atoms with Crippen LogP contribution in [0.2, 0.25) is 0 Å². The largest absolute Gasteiger partial charge is 0.491 e. The van der Waals surface area contributed by atoms with Crippen molar-refractivity contribution in [1.29, 1.82) is 0 Å². The number of ether oxygens (including phenoxy) is 1. The Bertz CT molecular complexity index is 726. The van der Waals surface area contributed by atoms with Crippen molar-refractivity contribution in [2.45, 2.75) is 26.3 Å². The monoisotopic (exact) mass is 356 g/mol. The highest BCUT2D eigenvalue weighted by Crippen LogP contribution is 2.24. The molecule has 2 amide bonds. The number of rotatable bonds is 8. The van der Waals surface area contributed by atoms with Crippen LogP contribution in [0.4, 0.5) is 4.79 Å². The van der Waals surface area contributed by atoms with Crippen LogP contribution >= 0.6 is 0 Å². The molecule has 0 saturated heterocycles. The number of hydrogen-bond donors (Lipinski definition) is 3. The minimum absolute atomic E-state index is 0.0699. The van der Waals surface area contributed by atoms with Gasteiger partial charge in [0.1, 0.15) is 12.4 Å². The van der Waals surface area contributed by atoms with E-state index < -0.39 is 12.0 Å². The van der Waals surface area contributed by atoms with E-state index in [1.165, 1.54) is 0 Å². The summed E-state index contributed by atoms with van der Waals surface area (Å²) in [5, 5.41) is 14.1.